The molecule has 0 atom stereocenters. The smallest absolute Gasteiger partial charge is 0.298 e. The summed E-state index contributed by atoms with van der Waals surface area (Å²) in [5, 5.41) is 9.41. The van der Waals surface area contributed by atoms with Gasteiger partial charge in [-0.1, -0.05) is 18.2 Å². The lowest BCUT2D eigenvalue weighted by Gasteiger charge is -2.07. The summed E-state index contributed by atoms with van der Waals surface area (Å²) in [7, 11) is -8.70. The first-order chi connectivity index (χ1) is 11.6. The summed E-state index contributed by atoms with van der Waals surface area (Å²) in [6.07, 6.45) is -0.345. The summed E-state index contributed by atoms with van der Waals surface area (Å²) in [5.74, 6) is -1.32. The van der Waals surface area contributed by atoms with E-state index in [4.69, 9.17) is 8.74 Å². The molecule has 2 rings (SSSR count). The van der Waals surface area contributed by atoms with Crippen molar-refractivity contribution in [1.82, 2.24) is 0 Å². The van der Waals surface area contributed by atoms with Crippen LogP contribution in [0.2, 0.25) is 0 Å². The Bertz CT molecular complexity index is 979. The predicted molar refractivity (Wildman–Crippen MR) is 86.4 cm³/mol. The molecule has 0 heterocycles. The van der Waals surface area contributed by atoms with Gasteiger partial charge in [0, 0.05) is 12.0 Å². The van der Waals surface area contributed by atoms with E-state index < -0.39 is 43.3 Å². The van der Waals surface area contributed by atoms with E-state index in [2.05, 4.69) is 0 Å². The summed E-state index contributed by atoms with van der Waals surface area (Å²) in [4.78, 5) is 11.2. The first-order valence-electron chi connectivity index (χ1n) is 6.89. The Labute approximate surface area is 144 Å². The molecule has 0 aliphatic heterocycles. The highest BCUT2D eigenvalue weighted by molar-refractivity contribution is 7.86. The maximum atomic E-state index is 12.0. The van der Waals surface area contributed by atoms with Gasteiger partial charge in [0.25, 0.3) is 20.2 Å². The molecule has 8 nitrogen and oxygen atoms in total. The number of hydrogen-bond donors (Lipinski definition) is 2. The van der Waals surface area contributed by atoms with Gasteiger partial charge in [-0.15, -0.1) is 0 Å². The van der Waals surface area contributed by atoms with E-state index in [9.17, 15) is 26.7 Å². The van der Waals surface area contributed by atoms with Crippen LogP contribution in [0.15, 0.2) is 58.3 Å². The van der Waals surface area contributed by atoms with Crippen LogP contribution in [0.1, 0.15) is 16.8 Å². The number of rotatable bonds is 7. The van der Waals surface area contributed by atoms with Crippen molar-refractivity contribution in [3.05, 3.63) is 54.1 Å². The van der Waals surface area contributed by atoms with Crippen LogP contribution < -0.4 is 0 Å². The van der Waals surface area contributed by atoms with Gasteiger partial charge < -0.3 is 5.11 Å². The van der Waals surface area contributed by atoms with Crippen molar-refractivity contribution in [3.63, 3.8) is 0 Å². The fourth-order valence-corrected chi connectivity index (χ4v) is 3.48. The Morgan fingerprint density at radius 1 is 1.00 bits per heavy atom. The zero-order valence-corrected chi connectivity index (χ0v) is 14.3. The van der Waals surface area contributed by atoms with Crippen LogP contribution in [-0.4, -0.2) is 38.9 Å². The average Bonchev–Trinajstić information content (AvgIpc) is 2.54. The highest BCUT2D eigenvalue weighted by Crippen LogP contribution is 2.24. The minimum Gasteiger partial charge on any atom is -0.506 e. The quantitative estimate of drug-likeness (QED) is 0.416. The molecule has 0 amide bonds. The van der Waals surface area contributed by atoms with E-state index in [1.165, 1.54) is 24.3 Å². The van der Waals surface area contributed by atoms with Crippen LogP contribution in [0.5, 0.6) is 5.75 Å². The molecule has 0 saturated carbocycles. The van der Waals surface area contributed by atoms with Gasteiger partial charge in [-0.25, -0.2) is 0 Å². The Balaban J connectivity index is 2.07. The molecular weight excluding hydrogens is 372 g/mol. The van der Waals surface area contributed by atoms with Gasteiger partial charge in [0.1, 0.15) is 10.6 Å². The number of phenolic OH excluding ortho intramolecular Hbond substituents is 1. The molecule has 2 aromatic carbocycles. The molecule has 2 N–H and O–H groups in total. The van der Waals surface area contributed by atoms with Gasteiger partial charge in [-0.2, -0.15) is 16.8 Å². The van der Waals surface area contributed by atoms with Crippen LogP contribution in [0.4, 0.5) is 0 Å². The molecule has 0 spiro atoms. The first-order valence-corrected chi connectivity index (χ1v) is 9.74. The minimum atomic E-state index is -4.70. The topological polar surface area (TPSA) is 135 Å². The lowest BCUT2D eigenvalue weighted by atomic mass is 10.1. The Morgan fingerprint density at radius 3 is 2.24 bits per heavy atom. The number of Topliss-reactive ketones (excluding diaryl/α,β-unsaturated/α-hetero) is 1. The zero-order chi connectivity index (χ0) is 18.7. The second kappa shape index (κ2) is 7.31. The Hall–Kier alpha value is -2.27. The summed E-state index contributed by atoms with van der Waals surface area (Å²) >= 11 is 0. The molecule has 10 heteroatoms. The number of carbonyl (C=O) groups is 1. The highest BCUT2D eigenvalue weighted by atomic mass is 32.2. The number of ketones is 1. The van der Waals surface area contributed by atoms with Gasteiger partial charge in [0.15, 0.2) is 5.78 Å². The molecule has 0 aromatic heterocycles. The van der Waals surface area contributed by atoms with Crippen LogP contribution in [-0.2, 0) is 24.4 Å². The molecule has 0 aliphatic carbocycles. The van der Waals surface area contributed by atoms with Crippen molar-refractivity contribution in [3.8, 4) is 5.75 Å². The summed E-state index contributed by atoms with van der Waals surface area (Å²) in [5.41, 5.74) is -0.119. The third-order valence-corrected chi connectivity index (χ3v) is 5.37. The SMILES string of the molecule is O=C(CCOS(=O)(=O)c1ccccc1)c1ccc(O)c(S(=O)(=O)O)c1. The molecule has 25 heavy (non-hydrogen) atoms. The zero-order valence-electron chi connectivity index (χ0n) is 12.7. The predicted octanol–water partition coefficient (Wildman–Crippen LogP) is 1.62. The van der Waals surface area contributed by atoms with Gasteiger partial charge in [0.2, 0.25) is 0 Å². The third-order valence-electron chi connectivity index (χ3n) is 3.16. The van der Waals surface area contributed by atoms with Crippen LogP contribution >= 0.6 is 0 Å². The standard InChI is InChI=1S/C15H14O8S2/c16-13(11-6-7-14(17)15(10-11)24(18,19)20)8-9-23-25(21,22)12-4-2-1-3-5-12/h1-7,10,17H,8-9H2,(H,18,19,20). The maximum Gasteiger partial charge on any atom is 0.298 e. The van der Waals surface area contributed by atoms with Crippen LogP contribution in [0, 0.1) is 0 Å². The molecule has 134 valence electrons. The lowest BCUT2D eigenvalue weighted by Crippen LogP contribution is -2.11. The molecule has 0 unspecified atom stereocenters. The van der Waals surface area contributed by atoms with Gasteiger partial charge in [-0.3, -0.25) is 13.5 Å². The average molecular weight is 386 g/mol. The lowest BCUT2D eigenvalue weighted by molar-refractivity contribution is 0.0964. The van der Waals surface area contributed by atoms with Crippen molar-refractivity contribution in [2.24, 2.45) is 0 Å². The van der Waals surface area contributed by atoms with E-state index in [0.29, 0.717) is 0 Å². The Morgan fingerprint density at radius 2 is 1.64 bits per heavy atom. The van der Waals surface area contributed by atoms with Crippen molar-refractivity contribution < 1.29 is 35.5 Å². The number of hydrogen-bond acceptors (Lipinski definition) is 7. The normalized spacial score (nSPS) is 12.0. The number of carbonyl (C=O) groups excluding carboxylic acids is 1. The monoisotopic (exact) mass is 386 g/mol. The van der Waals surface area contributed by atoms with Gasteiger partial charge in [-0.05, 0) is 30.3 Å². The fourth-order valence-electron chi connectivity index (χ4n) is 1.94. The fraction of sp³-hybridized carbons (Fsp3) is 0.133. The molecule has 0 aliphatic rings. The first kappa shape index (κ1) is 19.1. The third kappa shape index (κ3) is 4.86. The van der Waals surface area contributed by atoms with E-state index in [1.807, 2.05) is 0 Å². The maximum absolute atomic E-state index is 12.0. The summed E-state index contributed by atoms with van der Waals surface area (Å²) < 4.78 is 59.8. The second-order valence-electron chi connectivity index (χ2n) is 4.92. The van der Waals surface area contributed by atoms with Crippen molar-refractivity contribution >= 4 is 26.0 Å². The van der Waals surface area contributed by atoms with Crippen molar-refractivity contribution in [2.75, 3.05) is 6.61 Å². The molecule has 0 bridgehead atoms. The number of aromatic hydroxyl groups is 1. The van der Waals surface area contributed by atoms with Crippen LogP contribution in [0.25, 0.3) is 0 Å². The van der Waals surface area contributed by atoms with Crippen LogP contribution in [0.3, 0.4) is 0 Å². The molecule has 0 saturated heterocycles. The Kier molecular flexibility index (Phi) is 5.58. The van der Waals surface area contributed by atoms with E-state index in [1.54, 1.807) is 6.07 Å². The summed E-state index contributed by atoms with van der Waals surface area (Å²) in [6, 6.07) is 10.3. The molecule has 0 radical (unpaired) electrons. The minimum absolute atomic E-state index is 0.0549. The number of benzene rings is 2. The summed E-state index contributed by atoms with van der Waals surface area (Å²) in [6.45, 7) is -0.446. The van der Waals surface area contributed by atoms with Crippen molar-refractivity contribution in [1.29, 1.82) is 0 Å². The van der Waals surface area contributed by atoms with Gasteiger partial charge >= 0.3 is 0 Å². The van der Waals surface area contributed by atoms with Gasteiger partial charge in [0.05, 0.1) is 11.5 Å². The highest BCUT2D eigenvalue weighted by Gasteiger charge is 2.19. The molecular formula is C15H14O8S2. The van der Waals surface area contributed by atoms with Crippen molar-refractivity contribution in [2.45, 2.75) is 16.2 Å². The largest absolute Gasteiger partial charge is 0.506 e. The molecule has 0 fully saturated rings. The second-order valence-corrected chi connectivity index (χ2v) is 7.93. The number of phenols is 1. The van der Waals surface area contributed by atoms with E-state index >= 15 is 0 Å². The van der Waals surface area contributed by atoms with E-state index in [0.717, 1.165) is 18.2 Å². The molecule has 2 aromatic rings. The van der Waals surface area contributed by atoms with E-state index in [-0.39, 0.29) is 16.9 Å².